The van der Waals surface area contributed by atoms with Crippen molar-refractivity contribution in [2.45, 2.75) is 52.9 Å². The number of rotatable bonds is 4. The van der Waals surface area contributed by atoms with Crippen LogP contribution in [0.4, 0.5) is 5.82 Å². The largest absolute Gasteiger partial charge is 0.368 e. The zero-order valence-electron chi connectivity index (χ0n) is 12.2. The normalized spacial score (nSPS) is 23.4. The molecule has 1 aromatic heterocycles. The third-order valence-corrected chi connectivity index (χ3v) is 4.71. The summed E-state index contributed by atoms with van der Waals surface area (Å²) >= 11 is 5.96. The van der Waals surface area contributed by atoms with Gasteiger partial charge in [0.1, 0.15) is 0 Å². The van der Waals surface area contributed by atoms with Crippen molar-refractivity contribution in [1.82, 2.24) is 10.2 Å². The van der Waals surface area contributed by atoms with Crippen LogP contribution in [0.5, 0.6) is 0 Å². The fourth-order valence-electron chi connectivity index (χ4n) is 2.96. The lowest BCUT2D eigenvalue weighted by Gasteiger charge is -2.26. The van der Waals surface area contributed by atoms with E-state index < -0.39 is 0 Å². The van der Waals surface area contributed by atoms with Crippen LogP contribution in [0.3, 0.4) is 0 Å². The molecular weight excluding hydrogens is 258 g/mol. The summed E-state index contributed by atoms with van der Waals surface area (Å²) in [5.41, 5.74) is 2.13. The Kier molecular flexibility index (Phi) is 5.03. The molecule has 4 heteroatoms. The lowest BCUT2D eigenvalue weighted by molar-refractivity contribution is 0.274. The van der Waals surface area contributed by atoms with Crippen LogP contribution in [-0.4, -0.2) is 16.7 Å². The molecule has 2 unspecified atom stereocenters. The summed E-state index contributed by atoms with van der Waals surface area (Å²) in [4.78, 5) is 0. The predicted molar refractivity (Wildman–Crippen MR) is 80.7 cm³/mol. The van der Waals surface area contributed by atoms with Crippen molar-refractivity contribution in [3.8, 4) is 0 Å². The van der Waals surface area contributed by atoms with Crippen LogP contribution < -0.4 is 5.32 Å². The lowest BCUT2D eigenvalue weighted by atomic mass is 9.81. The number of nitrogens with one attached hydrogen (secondary N) is 1. The van der Waals surface area contributed by atoms with E-state index >= 15 is 0 Å². The molecule has 0 bridgehead atoms. The maximum atomic E-state index is 5.96. The molecule has 1 saturated carbocycles. The predicted octanol–water partition coefficient (Wildman–Crippen LogP) is 4.38. The highest BCUT2D eigenvalue weighted by Gasteiger charge is 2.18. The van der Waals surface area contributed by atoms with Gasteiger partial charge in [-0.05, 0) is 49.7 Å². The van der Waals surface area contributed by atoms with Gasteiger partial charge in [0.2, 0.25) is 0 Å². The Morgan fingerprint density at radius 2 is 2.00 bits per heavy atom. The molecule has 0 saturated heterocycles. The van der Waals surface area contributed by atoms with E-state index in [1.165, 1.54) is 32.1 Å². The van der Waals surface area contributed by atoms with Gasteiger partial charge in [0.05, 0.1) is 0 Å². The zero-order valence-corrected chi connectivity index (χ0v) is 12.9. The second-order valence-corrected chi connectivity index (χ2v) is 6.30. The summed E-state index contributed by atoms with van der Waals surface area (Å²) in [6, 6.07) is 0. The Bertz CT molecular complexity index is 434. The van der Waals surface area contributed by atoms with Crippen LogP contribution in [0.15, 0.2) is 0 Å². The van der Waals surface area contributed by atoms with Gasteiger partial charge in [0, 0.05) is 6.54 Å². The summed E-state index contributed by atoms with van der Waals surface area (Å²) in [7, 11) is 0. The number of anilines is 1. The van der Waals surface area contributed by atoms with Crippen LogP contribution in [0.2, 0.25) is 5.15 Å². The van der Waals surface area contributed by atoms with E-state index in [4.69, 9.17) is 11.6 Å². The fourth-order valence-corrected chi connectivity index (χ4v) is 3.14. The summed E-state index contributed by atoms with van der Waals surface area (Å²) in [6.45, 7) is 7.38. The Morgan fingerprint density at radius 1 is 1.21 bits per heavy atom. The molecule has 0 radical (unpaired) electrons. The highest BCUT2D eigenvalue weighted by atomic mass is 35.5. The number of aromatic nitrogens is 2. The monoisotopic (exact) mass is 281 g/mol. The minimum atomic E-state index is 0.504. The van der Waals surface area contributed by atoms with Gasteiger partial charge in [0.25, 0.3) is 0 Å². The van der Waals surface area contributed by atoms with Gasteiger partial charge >= 0.3 is 0 Å². The van der Waals surface area contributed by atoms with E-state index in [0.717, 1.165) is 35.3 Å². The molecule has 2 rings (SSSR count). The second kappa shape index (κ2) is 6.56. The molecule has 0 spiro atoms. The quantitative estimate of drug-likeness (QED) is 0.890. The minimum Gasteiger partial charge on any atom is -0.368 e. The van der Waals surface area contributed by atoms with Crippen LogP contribution in [0.25, 0.3) is 0 Å². The van der Waals surface area contributed by atoms with Gasteiger partial charge in [-0.3, -0.25) is 0 Å². The first-order chi connectivity index (χ1) is 9.08. The van der Waals surface area contributed by atoms with Crippen LogP contribution in [0, 0.1) is 25.7 Å². The number of hydrogen-bond donors (Lipinski definition) is 1. The molecule has 19 heavy (non-hydrogen) atoms. The van der Waals surface area contributed by atoms with Gasteiger partial charge in [0.15, 0.2) is 11.0 Å². The SMILES string of the molecule is Cc1c(Cl)nnc(NCCC2CCCC(C)C2)c1C. The molecule has 106 valence electrons. The van der Waals surface area contributed by atoms with Crippen molar-refractivity contribution in [1.29, 1.82) is 0 Å². The van der Waals surface area contributed by atoms with Gasteiger partial charge < -0.3 is 5.32 Å². The molecule has 1 fully saturated rings. The van der Waals surface area contributed by atoms with E-state index in [0.29, 0.717) is 5.15 Å². The summed E-state index contributed by atoms with van der Waals surface area (Å²) < 4.78 is 0. The lowest BCUT2D eigenvalue weighted by Crippen LogP contribution is -2.17. The van der Waals surface area contributed by atoms with Crippen molar-refractivity contribution < 1.29 is 0 Å². The highest BCUT2D eigenvalue weighted by Crippen LogP contribution is 2.30. The second-order valence-electron chi connectivity index (χ2n) is 5.94. The third kappa shape index (κ3) is 3.82. The molecule has 1 aliphatic rings. The molecule has 0 aromatic carbocycles. The topological polar surface area (TPSA) is 37.8 Å². The molecule has 1 aromatic rings. The highest BCUT2D eigenvalue weighted by molar-refractivity contribution is 6.30. The summed E-state index contributed by atoms with van der Waals surface area (Å²) in [6.07, 6.45) is 6.80. The average molecular weight is 282 g/mol. The van der Waals surface area contributed by atoms with Crippen molar-refractivity contribution in [2.24, 2.45) is 11.8 Å². The van der Waals surface area contributed by atoms with Gasteiger partial charge in [-0.25, -0.2) is 0 Å². The van der Waals surface area contributed by atoms with Gasteiger partial charge in [-0.2, -0.15) is 0 Å². The Morgan fingerprint density at radius 3 is 2.74 bits per heavy atom. The third-order valence-electron chi connectivity index (χ3n) is 4.35. The number of hydrogen-bond acceptors (Lipinski definition) is 3. The molecular formula is C15H24ClN3. The Hall–Kier alpha value is -0.830. The molecule has 1 N–H and O–H groups in total. The number of nitrogens with zero attached hydrogens (tertiary/aromatic N) is 2. The van der Waals surface area contributed by atoms with Crippen LogP contribution in [0.1, 0.15) is 50.2 Å². The molecule has 0 amide bonds. The maximum absolute atomic E-state index is 5.96. The van der Waals surface area contributed by atoms with Gasteiger partial charge in [-0.1, -0.05) is 37.8 Å². The molecule has 1 heterocycles. The Labute approximate surface area is 121 Å². The molecule has 0 aliphatic heterocycles. The summed E-state index contributed by atoms with van der Waals surface area (Å²) in [5.74, 6) is 2.65. The molecule has 3 nitrogen and oxygen atoms in total. The van der Waals surface area contributed by atoms with Crippen molar-refractivity contribution in [3.05, 3.63) is 16.3 Å². The van der Waals surface area contributed by atoms with Crippen molar-refractivity contribution >= 4 is 17.4 Å². The smallest absolute Gasteiger partial charge is 0.155 e. The maximum Gasteiger partial charge on any atom is 0.155 e. The standard InChI is InChI=1S/C15H24ClN3/c1-10-5-4-6-13(9-10)7-8-17-15-12(3)11(2)14(16)18-19-15/h10,13H,4-9H2,1-3H3,(H,17,19). The van der Waals surface area contributed by atoms with E-state index in [1.807, 2.05) is 13.8 Å². The molecule has 1 aliphatic carbocycles. The first-order valence-corrected chi connectivity index (χ1v) is 7.69. The fraction of sp³-hybridized carbons (Fsp3) is 0.733. The molecule has 2 atom stereocenters. The number of halogens is 1. The minimum absolute atomic E-state index is 0.504. The van der Waals surface area contributed by atoms with Gasteiger partial charge in [-0.15, -0.1) is 10.2 Å². The first-order valence-electron chi connectivity index (χ1n) is 7.31. The van der Waals surface area contributed by atoms with E-state index in [-0.39, 0.29) is 0 Å². The van der Waals surface area contributed by atoms with Crippen molar-refractivity contribution in [3.63, 3.8) is 0 Å². The van der Waals surface area contributed by atoms with E-state index in [1.54, 1.807) is 0 Å². The Balaban J connectivity index is 1.84. The zero-order chi connectivity index (χ0) is 13.8. The van der Waals surface area contributed by atoms with Crippen LogP contribution >= 0.6 is 11.6 Å². The summed E-state index contributed by atoms with van der Waals surface area (Å²) in [5, 5.41) is 12.0. The van der Waals surface area contributed by atoms with Crippen LogP contribution in [-0.2, 0) is 0 Å². The van der Waals surface area contributed by atoms with Crippen molar-refractivity contribution in [2.75, 3.05) is 11.9 Å². The first kappa shape index (κ1) is 14.6. The van der Waals surface area contributed by atoms with E-state index in [9.17, 15) is 0 Å². The van der Waals surface area contributed by atoms with E-state index in [2.05, 4.69) is 22.4 Å². The average Bonchev–Trinajstić information content (AvgIpc) is 2.39.